The van der Waals surface area contributed by atoms with Gasteiger partial charge in [0.15, 0.2) is 0 Å². The fraction of sp³-hybridized carbons (Fsp3) is 0.381. The van der Waals surface area contributed by atoms with Gasteiger partial charge in [0.1, 0.15) is 0 Å². The average Bonchev–Trinajstić information content (AvgIpc) is 3.18. The van der Waals surface area contributed by atoms with Crippen molar-refractivity contribution in [3.05, 3.63) is 69.7 Å². The molecule has 1 N–H and O–H groups in total. The van der Waals surface area contributed by atoms with Crippen molar-refractivity contribution in [2.24, 2.45) is 5.92 Å². The third-order valence-electron chi connectivity index (χ3n) is 5.52. The third-order valence-corrected chi connectivity index (χ3v) is 6.03. The van der Waals surface area contributed by atoms with Crippen LogP contribution in [0.15, 0.2) is 48.5 Å². The Balaban J connectivity index is 1.57. The van der Waals surface area contributed by atoms with Gasteiger partial charge < -0.3 is 10.1 Å². The molecule has 2 fully saturated rings. The molecule has 1 aliphatic carbocycles. The summed E-state index contributed by atoms with van der Waals surface area (Å²) in [5.74, 6) is -0.00310. The number of ether oxygens (including phenoxy) is 1. The van der Waals surface area contributed by atoms with Crippen molar-refractivity contribution in [2.45, 2.75) is 30.8 Å². The molecule has 0 radical (unpaired) electrons. The van der Waals surface area contributed by atoms with E-state index in [4.69, 9.17) is 27.9 Å². The van der Waals surface area contributed by atoms with E-state index in [-0.39, 0.29) is 23.3 Å². The molecule has 1 aliphatic heterocycles. The maximum atomic E-state index is 12.8. The molecule has 0 spiro atoms. The van der Waals surface area contributed by atoms with Crippen molar-refractivity contribution in [3.63, 3.8) is 0 Å². The van der Waals surface area contributed by atoms with E-state index in [0.29, 0.717) is 16.6 Å². The zero-order valence-corrected chi connectivity index (χ0v) is 15.9. The van der Waals surface area contributed by atoms with Gasteiger partial charge in [-0.1, -0.05) is 47.5 Å². The molecule has 1 heterocycles. The lowest BCUT2D eigenvalue weighted by molar-refractivity contribution is -0.123. The number of hydrogen-bond donors (Lipinski definition) is 1. The van der Waals surface area contributed by atoms with Gasteiger partial charge in [0.25, 0.3) is 0 Å². The van der Waals surface area contributed by atoms with Crippen LogP contribution >= 0.6 is 23.2 Å². The van der Waals surface area contributed by atoms with Crippen LogP contribution in [0, 0.1) is 5.92 Å². The van der Waals surface area contributed by atoms with Gasteiger partial charge in [-0.2, -0.15) is 0 Å². The molecule has 2 aromatic carbocycles. The van der Waals surface area contributed by atoms with Crippen LogP contribution in [0.25, 0.3) is 0 Å². The van der Waals surface area contributed by atoms with E-state index in [1.807, 2.05) is 48.5 Å². The van der Waals surface area contributed by atoms with E-state index < -0.39 is 0 Å². The fourth-order valence-electron chi connectivity index (χ4n) is 4.02. The summed E-state index contributed by atoms with van der Waals surface area (Å²) in [5, 5.41) is 4.48. The number of hydrogen-bond acceptors (Lipinski definition) is 2. The van der Waals surface area contributed by atoms with Crippen molar-refractivity contribution in [1.82, 2.24) is 5.32 Å². The standard InChI is InChI=1S/C21H21Cl2NO2/c22-16-7-3-14(4-8-16)21(15-5-9-17(23)10-6-15)12-19(21)20(25)24-13-18-2-1-11-26-18/h3-10,18-19H,1-2,11-13H2,(H,24,25)/t18-,19-/m1/s1. The summed E-state index contributed by atoms with van der Waals surface area (Å²) >= 11 is 12.1. The lowest BCUT2D eigenvalue weighted by Crippen LogP contribution is -2.34. The predicted octanol–water partition coefficient (Wildman–Crippen LogP) is 4.59. The minimum Gasteiger partial charge on any atom is -0.376 e. The lowest BCUT2D eigenvalue weighted by Gasteiger charge is -2.20. The Morgan fingerprint density at radius 1 is 1.04 bits per heavy atom. The lowest BCUT2D eigenvalue weighted by atomic mass is 9.85. The Labute approximate surface area is 163 Å². The number of carbonyl (C=O) groups is 1. The van der Waals surface area contributed by atoms with E-state index in [9.17, 15) is 4.79 Å². The molecule has 0 bridgehead atoms. The zero-order valence-electron chi connectivity index (χ0n) is 14.4. The molecule has 2 aliphatic rings. The minimum atomic E-state index is -0.310. The molecule has 3 nitrogen and oxygen atoms in total. The van der Waals surface area contributed by atoms with E-state index in [0.717, 1.165) is 37.0 Å². The monoisotopic (exact) mass is 389 g/mol. The summed E-state index contributed by atoms with van der Waals surface area (Å²) in [6.07, 6.45) is 3.03. The van der Waals surface area contributed by atoms with E-state index >= 15 is 0 Å². The van der Waals surface area contributed by atoms with Gasteiger partial charge in [0.2, 0.25) is 5.91 Å². The molecule has 2 aromatic rings. The Hall–Kier alpha value is -1.55. The summed E-state index contributed by atoms with van der Waals surface area (Å²) < 4.78 is 5.61. The molecule has 5 heteroatoms. The SMILES string of the molecule is O=C(NC[C@H]1CCCO1)[C@H]1CC1(c1ccc(Cl)cc1)c1ccc(Cl)cc1. The van der Waals surface area contributed by atoms with Crippen LogP contribution in [0.1, 0.15) is 30.4 Å². The van der Waals surface area contributed by atoms with Crippen molar-refractivity contribution in [1.29, 1.82) is 0 Å². The van der Waals surface area contributed by atoms with Gasteiger partial charge in [-0.25, -0.2) is 0 Å². The van der Waals surface area contributed by atoms with Crippen molar-refractivity contribution in [2.75, 3.05) is 13.2 Å². The second kappa shape index (κ2) is 7.22. The van der Waals surface area contributed by atoms with Crippen LogP contribution in [-0.2, 0) is 14.9 Å². The zero-order chi connectivity index (χ0) is 18.1. The number of carbonyl (C=O) groups excluding carboxylic acids is 1. The maximum Gasteiger partial charge on any atom is 0.224 e. The second-order valence-electron chi connectivity index (χ2n) is 7.12. The highest BCUT2D eigenvalue weighted by Crippen LogP contribution is 2.59. The predicted molar refractivity (Wildman–Crippen MR) is 104 cm³/mol. The van der Waals surface area contributed by atoms with Crippen molar-refractivity contribution < 1.29 is 9.53 Å². The fourth-order valence-corrected chi connectivity index (χ4v) is 4.27. The van der Waals surface area contributed by atoms with E-state index in [2.05, 4.69) is 5.32 Å². The first kappa shape index (κ1) is 17.8. The van der Waals surface area contributed by atoms with Gasteiger partial charge in [-0.15, -0.1) is 0 Å². The average molecular weight is 390 g/mol. The van der Waals surface area contributed by atoms with Crippen LogP contribution in [-0.4, -0.2) is 25.2 Å². The highest BCUT2D eigenvalue weighted by Gasteiger charge is 2.60. The smallest absolute Gasteiger partial charge is 0.224 e. The quantitative estimate of drug-likeness (QED) is 0.811. The largest absolute Gasteiger partial charge is 0.376 e. The number of halogens is 2. The topological polar surface area (TPSA) is 38.3 Å². The maximum absolute atomic E-state index is 12.8. The van der Waals surface area contributed by atoms with Crippen LogP contribution in [0.5, 0.6) is 0 Å². The van der Waals surface area contributed by atoms with Gasteiger partial charge in [0.05, 0.1) is 12.0 Å². The number of benzene rings is 2. The first-order valence-corrected chi connectivity index (χ1v) is 9.76. The molecule has 2 atom stereocenters. The van der Waals surface area contributed by atoms with Crippen LogP contribution in [0.4, 0.5) is 0 Å². The summed E-state index contributed by atoms with van der Waals surface area (Å²) in [6, 6.07) is 15.6. The molecule has 4 rings (SSSR count). The molecule has 136 valence electrons. The van der Waals surface area contributed by atoms with E-state index in [1.54, 1.807) is 0 Å². The van der Waals surface area contributed by atoms with Gasteiger partial charge in [0, 0.05) is 28.6 Å². The summed E-state index contributed by atoms with van der Waals surface area (Å²) in [4.78, 5) is 12.8. The molecule has 0 unspecified atom stereocenters. The summed E-state index contributed by atoms with van der Waals surface area (Å²) in [7, 11) is 0. The number of rotatable bonds is 5. The second-order valence-corrected chi connectivity index (χ2v) is 7.99. The van der Waals surface area contributed by atoms with Crippen LogP contribution < -0.4 is 5.32 Å². The third kappa shape index (κ3) is 3.36. The van der Waals surface area contributed by atoms with Crippen LogP contribution in [0.3, 0.4) is 0 Å². The molecule has 0 aromatic heterocycles. The van der Waals surface area contributed by atoms with Crippen molar-refractivity contribution >= 4 is 29.1 Å². The molecule has 1 amide bonds. The Kier molecular flexibility index (Phi) is 4.96. The summed E-state index contributed by atoms with van der Waals surface area (Å²) in [5.41, 5.74) is 1.92. The normalized spacial score (nSPS) is 23.6. The summed E-state index contributed by atoms with van der Waals surface area (Å²) in [6.45, 7) is 1.39. The van der Waals surface area contributed by atoms with Crippen molar-refractivity contribution in [3.8, 4) is 0 Å². The van der Waals surface area contributed by atoms with Gasteiger partial charge >= 0.3 is 0 Å². The first-order valence-electron chi connectivity index (χ1n) is 9.01. The number of amides is 1. The van der Waals surface area contributed by atoms with Gasteiger partial charge in [-0.05, 0) is 54.7 Å². The molecule has 1 saturated carbocycles. The highest BCUT2D eigenvalue weighted by atomic mass is 35.5. The molecule has 26 heavy (non-hydrogen) atoms. The minimum absolute atomic E-state index is 0.0883. The Morgan fingerprint density at radius 2 is 1.62 bits per heavy atom. The Morgan fingerprint density at radius 3 is 2.12 bits per heavy atom. The number of nitrogens with one attached hydrogen (secondary N) is 1. The Bertz CT molecular complexity index is 737. The molecular weight excluding hydrogens is 369 g/mol. The highest BCUT2D eigenvalue weighted by molar-refractivity contribution is 6.30. The van der Waals surface area contributed by atoms with Crippen LogP contribution in [0.2, 0.25) is 10.0 Å². The van der Waals surface area contributed by atoms with E-state index in [1.165, 1.54) is 0 Å². The molecular formula is C21H21Cl2NO2. The first-order chi connectivity index (χ1) is 12.6. The molecule has 1 saturated heterocycles. The van der Waals surface area contributed by atoms with Gasteiger partial charge in [-0.3, -0.25) is 4.79 Å².